The Kier molecular flexibility index (Phi) is 7.50. The van der Waals surface area contributed by atoms with Gasteiger partial charge in [0, 0.05) is 12.0 Å². The zero-order valence-electron chi connectivity index (χ0n) is 11.7. The molecule has 0 heterocycles. The van der Waals surface area contributed by atoms with E-state index in [4.69, 9.17) is 15.0 Å². The van der Waals surface area contributed by atoms with E-state index in [0.717, 1.165) is 0 Å². The highest BCUT2D eigenvalue weighted by atomic mass is 32.2. The van der Waals surface area contributed by atoms with Crippen molar-refractivity contribution in [3.8, 4) is 0 Å². The number of amides is 1. The Morgan fingerprint density at radius 3 is 2.53 bits per heavy atom. The Morgan fingerprint density at radius 1 is 1.47 bits per heavy atom. The van der Waals surface area contributed by atoms with Gasteiger partial charge < -0.3 is 15.8 Å². The van der Waals surface area contributed by atoms with Gasteiger partial charge in [0.1, 0.15) is 0 Å². The van der Waals surface area contributed by atoms with Gasteiger partial charge in [0.15, 0.2) is 0 Å². The summed E-state index contributed by atoms with van der Waals surface area (Å²) in [7, 11) is -4.04. The molecule has 0 aliphatic heterocycles. The van der Waals surface area contributed by atoms with Crippen LogP contribution < -0.4 is 11.1 Å². The molecule has 0 saturated carbocycles. The highest BCUT2D eigenvalue weighted by Gasteiger charge is 2.18. The molecule has 19 heavy (non-hydrogen) atoms. The summed E-state index contributed by atoms with van der Waals surface area (Å²) in [5.41, 5.74) is 5.42. The van der Waals surface area contributed by atoms with E-state index >= 15 is 0 Å². The molecule has 0 bridgehead atoms. The van der Waals surface area contributed by atoms with Gasteiger partial charge in [0.05, 0.1) is 24.9 Å². The van der Waals surface area contributed by atoms with Crippen LogP contribution in [0, 0.1) is 5.41 Å². The van der Waals surface area contributed by atoms with Crippen molar-refractivity contribution < 1.29 is 22.5 Å². The lowest BCUT2D eigenvalue weighted by Crippen LogP contribution is -2.34. The van der Waals surface area contributed by atoms with Crippen LogP contribution >= 0.6 is 0 Å². The fourth-order valence-corrected chi connectivity index (χ4v) is 1.50. The quantitative estimate of drug-likeness (QED) is 0.506. The molecule has 0 radical (unpaired) electrons. The molecular formula is C11H24N2O5S. The van der Waals surface area contributed by atoms with Gasteiger partial charge in [-0.1, -0.05) is 13.8 Å². The first kappa shape index (κ1) is 18.3. The highest BCUT2D eigenvalue weighted by Crippen LogP contribution is 2.14. The van der Waals surface area contributed by atoms with Crippen molar-refractivity contribution in [3.05, 3.63) is 0 Å². The largest absolute Gasteiger partial charge is 0.377 e. The number of hydrogen-bond donors (Lipinski definition) is 3. The molecule has 1 amide bonds. The summed E-state index contributed by atoms with van der Waals surface area (Å²) in [6.07, 6.45) is -0.150. The van der Waals surface area contributed by atoms with Gasteiger partial charge in [-0.15, -0.1) is 0 Å². The van der Waals surface area contributed by atoms with Crippen LogP contribution in [-0.2, 0) is 19.6 Å². The summed E-state index contributed by atoms with van der Waals surface area (Å²) in [5, 5.41) is 2.40. The smallest absolute Gasteiger partial charge is 0.266 e. The molecule has 7 nitrogen and oxygen atoms in total. The molecule has 0 rings (SSSR count). The number of carbonyl (C=O) groups excluding carboxylic acids is 1. The molecule has 0 aromatic carbocycles. The topological polar surface area (TPSA) is 119 Å². The minimum absolute atomic E-state index is 0.112. The number of hydrogen-bond acceptors (Lipinski definition) is 5. The van der Waals surface area contributed by atoms with Crippen LogP contribution in [0.2, 0.25) is 0 Å². The lowest BCUT2D eigenvalue weighted by Gasteiger charge is -2.24. The summed E-state index contributed by atoms with van der Waals surface area (Å²) in [5.74, 6) is -0.810. The summed E-state index contributed by atoms with van der Waals surface area (Å²) < 4.78 is 34.9. The number of nitrogens with two attached hydrogens (primary N) is 1. The monoisotopic (exact) mass is 296 g/mol. The second-order valence-corrected chi connectivity index (χ2v) is 6.90. The predicted molar refractivity (Wildman–Crippen MR) is 72.3 cm³/mol. The van der Waals surface area contributed by atoms with Gasteiger partial charge in [0.25, 0.3) is 10.1 Å². The third-order valence-electron chi connectivity index (χ3n) is 2.47. The second kappa shape index (κ2) is 7.78. The molecule has 0 aliphatic rings. The van der Waals surface area contributed by atoms with Crippen LogP contribution in [0.25, 0.3) is 0 Å². The second-order valence-electron chi connectivity index (χ2n) is 5.33. The Bertz CT molecular complexity index is 381. The third kappa shape index (κ3) is 10.9. The maximum atomic E-state index is 11.4. The molecular weight excluding hydrogens is 272 g/mol. The normalized spacial score (nSPS) is 14.2. The summed E-state index contributed by atoms with van der Waals surface area (Å²) in [6, 6.07) is 0. The molecule has 0 aliphatic carbocycles. The van der Waals surface area contributed by atoms with Gasteiger partial charge >= 0.3 is 0 Å². The zero-order chi connectivity index (χ0) is 15.1. The van der Waals surface area contributed by atoms with Crippen molar-refractivity contribution in [2.75, 3.05) is 25.4 Å². The van der Waals surface area contributed by atoms with Gasteiger partial charge in [-0.05, 0) is 13.5 Å². The average molecular weight is 296 g/mol. The number of carbonyl (C=O) groups is 1. The van der Waals surface area contributed by atoms with Crippen LogP contribution in [0.15, 0.2) is 0 Å². The molecule has 0 spiro atoms. The van der Waals surface area contributed by atoms with Crippen LogP contribution in [-0.4, -0.2) is 50.4 Å². The minimum Gasteiger partial charge on any atom is -0.377 e. The fourth-order valence-electron chi connectivity index (χ4n) is 1.14. The van der Waals surface area contributed by atoms with Crippen molar-refractivity contribution in [2.45, 2.75) is 33.3 Å². The van der Waals surface area contributed by atoms with Crippen LogP contribution in [0.4, 0.5) is 0 Å². The fraction of sp³-hybridized carbons (Fsp3) is 0.909. The van der Waals surface area contributed by atoms with Gasteiger partial charge in [-0.25, -0.2) is 0 Å². The summed E-state index contributed by atoms with van der Waals surface area (Å²) in [6.45, 7) is 6.51. The van der Waals surface area contributed by atoms with E-state index in [0.29, 0.717) is 13.2 Å². The Labute approximate surface area is 114 Å². The van der Waals surface area contributed by atoms with E-state index in [2.05, 4.69) is 5.32 Å². The molecule has 0 aromatic rings. The number of ether oxygens (including phenoxy) is 1. The molecule has 0 saturated heterocycles. The third-order valence-corrected chi connectivity index (χ3v) is 3.19. The van der Waals surface area contributed by atoms with Crippen LogP contribution in [0.1, 0.15) is 27.2 Å². The molecule has 0 aromatic heterocycles. The lowest BCUT2D eigenvalue weighted by atomic mass is 9.95. The molecule has 114 valence electrons. The van der Waals surface area contributed by atoms with Gasteiger partial charge in [0.2, 0.25) is 5.91 Å². The number of rotatable bonds is 9. The maximum Gasteiger partial charge on any atom is 0.266 e. The van der Waals surface area contributed by atoms with Crippen LogP contribution in [0.3, 0.4) is 0 Å². The first-order valence-electron chi connectivity index (χ1n) is 6.09. The van der Waals surface area contributed by atoms with Crippen LogP contribution in [0.5, 0.6) is 0 Å². The van der Waals surface area contributed by atoms with Crippen molar-refractivity contribution in [1.82, 2.24) is 5.32 Å². The standard InChI is InChI=1S/C11H24N2O5S/c1-9(18-8-11(2,3)7-12)6-10(14)13-4-5-19(15,16)17/h9H,4-8,12H2,1-3H3,(H,13,14)(H,15,16,17). The average Bonchev–Trinajstić information content (AvgIpc) is 2.25. The summed E-state index contributed by atoms with van der Waals surface area (Å²) in [4.78, 5) is 11.4. The molecule has 1 unspecified atom stereocenters. The van der Waals surface area contributed by atoms with E-state index < -0.39 is 15.9 Å². The zero-order valence-corrected chi connectivity index (χ0v) is 12.5. The van der Waals surface area contributed by atoms with Crippen molar-refractivity contribution in [2.24, 2.45) is 11.1 Å². The molecule has 1 atom stereocenters. The van der Waals surface area contributed by atoms with E-state index in [1.54, 1.807) is 6.92 Å². The van der Waals surface area contributed by atoms with E-state index in [-0.39, 0.29) is 30.4 Å². The lowest BCUT2D eigenvalue weighted by molar-refractivity contribution is -0.124. The number of nitrogens with one attached hydrogen (secondary N) is 1. The first-order chi connectivity index (χ1) is 8.56. The molecule has 0 fully saturated rings. The Hall–Kier alpha value is -0.700. The van der Waals surface area contributed by atoms with Crippen molar-refractivity contribution in [1.29, 1.82) is 0 Å². The Balaban J connectivity index is 3.87. The Morgan fingerprint density at radius 2 is 2.05 bits per heavy atom. The van der Waals surface area contributed by atoms with Gasteiger partial charge in [-0.3, -0.25) is 9.35 Å². The minimum atomic E-state index is -4.04. The predicted octanol–water partition coefficient (Wildman–Crippen LogP) is -0.229. The van der Waals surface area contributed by atoms with E-state index in [9.17, 15) is 13.2 Å². The SMILES string of the molecule is CC(CC(=O)NCCS(=O)(=O)O)OCC(C)(C)CN. The maximum absolute atomic E-state index is 11.4. The molecule has 4 N–H and O–H groups in total. The van der Waals surface area contributed by atoms with Crippen molar-refractivity contribution >= 4 is 16.0 Å². The van der Waals surface area contributed by atoms with E-state index in [1.165, 1.54) is 0 Å². The molecule has 8 heteroatoms. The van der Waals surface area contributed by atoms with E-state index in [1.807, 2.05) is 13.8 Å². The highest BCUT2D eigenvalue weighted by molar-refractivity contribution is 7.85. The van der Waals surface area contributed by atoms with Crippen molar-refractivity contribution in [3.63, 3.8) is 0 Å². The summed E-state index contributed by atoms with van der Waals surface area (Å²) >= 11 is 0. The van der Waals surface area contributed by atoms with Gasteiger partial charge in [-0.2, -0.15) is 8.42 Å². The first-order valence-corrected chi connectivity index (χ1v) is 7.70.